The molecule has 2 rings (SSSR count). The molecule has 0 spiro atoms. The second-order valence-electron chi connectivity index (χ2n) is 3.27. The zero-order valence-electron chi connectivity index (χ0n) is 8.80. The number of terminal acetylenes is 1. The van der Waals surface area contributed by atoms with Crippen molar-refractivity contribution in [2.24, 2.45) is 0 Å². The third-order valence-electron chi connectivity index (χ3n) is 2.15. The van der Waals surface area contributed by atoms with E-state index >= 15 is 0 Å². The fourth-order valence-corrected chi connectivity index (χ4v) is 1.39. The van der Waals surface area contributed by atoms with Crippen LogP contribution in [-0.4, -0.2) is 12.6 Å². The Morgan fingerprint density at radius 2 is 2.18 bits per heavy atom. The Labute approximate surface area is 96.8 Å². The van der Waals surface area contributed by atoms with Gasteiger partial charge in [0.1, 0.15) is 11.1 Å². The lowest BCUT2D eigenvalue weighted by Crippen LogP contribution is -2.16. The van der Waals surface area contributed by atoms with Gasteiger partial charge >= 0.3 is 11.6 Å². The lowest BCUT2D eigenvalue weighted by molar-refractivity contribution is 0.0552. The van der Waals surface area contributed by atoms with Gasteiger partial charge < -0.3 is 9.15 Å². The average Bonchev–Trinajstić information content (AvgIpc) is 2.35. The van der Waals surface area contributed by atoms with Gasteiger partial charge in [-0.05, 0) is 12.1 Å². The molecular formula is C13H8O4. The molecule has 0 radical (unpaired) electrons. The molecule has 84 valence electrons. The summed E-state index contributed by atoms with van der Waals surface area (Å²) in [5.41, 5.74) is -0.462. The highest BCUT2D eigenvalue weighted by Crippen LogP contribution is 2.12. The maximum Gasteiger partial charge on any atom is 0.351 e. The molecule has 0 unspecified atom stereocenters. The first kappa shape index (κ1) is 11.0. The molecule has 0 N–H and O–H groups in total. The molecule has 0 aliphatic carbocycles. The molecule has 0 amide bonds. The number of carbonyl (C=O) groups excluding carboxylic acids is 1. The third-order valence-corrected chi connectivity index (χ3v) is 2.15. The normalized spacial score (nSPS) is 9.82. The standard InChI is InChI=1S/C13H8O4/c1-2-7-16-12(14)10-8-9-5-3-4-6-11(9)17-13(10)15/h1,3-6,8H,7H2. The van der Waals surface area contributed by atoms with Crippen LogP contribution < -0.4 is 5.63 Å². The first-order valence-electron chi connectivity index (χ1n) is 4.86. The van der Waals surface area contributed by atoms with Gasteiger partial charge in [0.2, 0.25) is 0 Å². The minimum Gasteiger partial charge on any atom is -0.449 e. The van der Waals surface area contributed by atoms with Gasteiger partial charge in [-0.15, -0.1) is 6.42 Å². The molecule has 1 heterocycles. The minimum atomic E-state index is -0.776. The first-order chi connectivity index (χ1) is 8.22. The van der Waals surface area contributed by atoms with E-state index in [0.717, 1.165) is 0 Å². The van der Waals surface area contributed by atoms with Gasteiger partial charge in [0.05, 0.1) is 0 Å². The lowest BCUT2D eigenvalue weighted by Gasteiger charge is -2.01. The number of hydrogen-bond acceptors (Lipinski definition) is 4. The molecule has 0 aliphatic rings. The van der Waals surface area contributed by atoms with Crippen molar-refractivity contribution >= 4 is 16.9 Å². The van der Waals surface area contributed by atoms with Crippen LogP contribution >= 0.6 is 0 Å². The van der Waals surface area contributed by atoms with Gasteiger partial charge in [-0.25, -0.2) is 9.59 Å². The van der Waals surface area contributed by atoms with Crippen LogP contribution in [0.1, 0.15) is 10.4 Å². The summed E-state index contributed by atoms with van der Waals surface area (Å²) < 4.78 is 9.66. The summed E-state index contributed by atoms with van der Waals surface area (Å²) in [6.07, 6.45) is 4.95. The summed E-state index contributed by atoms with van der Waals surface area (Å²) in [5.74, 6) is 1.37. The van der Waals surface area contributed by atoms with Crippen molar-refractivity contribution < 1.29 is 13.9 Å². The van der Waals surface area contributed by atoms with Gasteiger partial charge in [-0.3, -0.25) is 0 Å². The van der Waals surface area contributed by atoms with E-state index in [-0.39, 0.29) is 12.2 Å². The molecule has 0 bridgehead atoms. The predicted octanol–water partition coefficient (Wildman–Crippen LogP) is 1.58. The Hall–Kier alpha value is -2.54. The Kier molecular flexibility index (Phi) is 2.93. The topological polar surface area (TPSA) is 56.5 Å². The fraction of sp³-hybridized carbons (Fsp3) is 0.0769. The van der Waals surface area contributed by atoms with Crippen LogP contribution in [0.2, 0.25) is 0 Å². The van der Waals surface area contributed by atoms with E-state index in [0.29, 0.717) is 11.0 Å². The molecule has 0 aliphatic heterocycles. The van der Waals surface area contributed by atoms with Gasteiger partial charge in [-0.1, -0.05) is 24.1 Å². The summed E-state index contributed by atoms with van der Waals surface area (Å²) in [4.78, 5) is 23.0. The maximum absolute atomic E-state index is 11.5. The third kappa shape index (κ3) is 2.18. The first-order valence-corrected chi connectivity index (χ1v) is 4.86. The van der Waals surface area contributed by atoms with Crippen LogP contribution in [0.5, 0.6) is 0 Å². The second-order valence-corrected chi connectivity index (χ2v) is 3.27. The van der Waals surface area contributed by atoms with Crippen LogP contribution in [0.15, 0.2) is 39.5 Å². The van der Waals surface area contributed by atoms with E-state index in [1.54, 1.807) is 24.3 Å². The highest BCUT2D eigenvalue weighted by Gasteiger charge is 2.14. The largest absolute Gasteiger partial charge is 0.449 e. The number of carbonyl (C=O) groups is 1. The summed E-state index contributed by atoms with van der Waals surface area (Å²) >= 11 is 0. The summed E-state index contributed by atoms with van der Waals surface area (Å²) in [7, 11) is 0. The molecule has 0 fully saturated rings. The number of hydrogen-bond donors (Lipinski definition) is 0. The van der Waals surface area contributed by atoms with Crippen molar-refractivity contribution in [2.45, 2.75) is 0 Å². The molecule has 1 aromatic carbocycles. The van der Waals surface area contributed by atoms with Crippen LogP contribution in [0, 0.1) is 12.3 Å². The number of para-hydroxylation sites is 1. The quantitative estimate of drug-likeness (QED) is 0.445. The van der Waals surface area contributed by atoms with Gasteiger partial charge in [0.25, 0.3) is 0 Å². The predicted molar refractivity (Wildman–Crippen MR) is 61.6 cm³/mol. The van der Waals surface area contributed by atoms with Crippen molar-refractivity contribution in [3.8, 4) is 12.3 Å². The summed E-state index contributed by atoms with van der Waals surface area (Å²) in [6, 6.07) is 8.32. The van der Waals surface area contributed by atoms with Crippen LogP contribution in [0.3, 0.4) is 0 Å². The van der Waals surface area contributed by atoms with E-state index in [1.165, 1.54) is 6.07 Å². The summed E-state index contributed by atoms with van der Waals surface area (Å²) in [6.45, 7) is -0.175. The molecule has 17 heavy (non-hydrogen) atoms. The average molecular weight is 228 g/mol. The molecule has 4 nitrogen and oxygen atoms in total. The maximum atomic E-state index is 11.5. The monoisotopic (exact) mass is 228 g/mol. The zero-order chi connectivity index (χ0) is 12.3. The van der Waals surface area contributed by atoms with E-state index in [2.05, 4.69) is 10.7 Å². The van der Waals surface area contributed by atoms with Crippen molar-refractivity contribution in [1.29, 1.82) is 0 Å². The van der Waals surface area contributed by atoms with E-state index < -0.39 is 11.6 Å². The molecule has 0 atom stereocenters. The molecule has 4 heteroatoms. The lowest BCUT2D eigenvalue weighted by atomic mass is 10.2. The Morgan fingerprint density at radius 3 is 2.94 bits per heavy atom. The van der Waals surface area contributed by atoms with Gasteiger partial charge in [0, 0.05) is 5.39 Å². The Bertz CT molecular complexity index is 661. The Balaban J connectivity index is 2.48. The van der Waals surface area contributed by atoms with Crippen molar-refractivity contribution in [3.63, 3.8) is 0 Å². The molecule has 0 saturated carbocycles. The second kappa shape index (κ2) is 4.54. The van der Waals surface area contributed by atoms with Crippen molar-refractivity contribution in [1.82, 2.24) is 0 Å². The zero-order valence-corrected chi connectivity index (χ0v) is 8.80. The summed E-state index contributed by atoms with van der Waals surface area (Å²) in [5, 5.41) is 0.653. The van der Waals surface area contributed by atoms with Gasteiger partial charge in [-0.2, -0.15) is 0 Å². The number of benzene rings is 1. The molecule has 2 aromatic rings. The van der Waals surface area contributed by atoms with Crippen LogP contribution in [-0.2, 0) is 4.74 Å². The number of rotatable bonds is 2. The number of ether oxygens (including phenoxy) is 1. The van der Waals surface area contributed by atoms with E-state index in [9.17, 15) is 9.59 Å². The van der Waals surface area contributed by atoms with E-state index in [1.807, 2.05) is 0 Å². The highest BCUT2D eigenvalue weighted by atomic mass is 16.5. The molecule has 0 saturated heterocycles. The highest BCUT2D eigenvalue weighted by molar-refractivity contribution is 5.92. The van der Waals surface area contributed by atoms with Crippen molar-refractivity contribution in [3.05, 3.63) is 46.3 Å². The Morgan fingerprint density at radius 1 is 1.41 bits per heavy atom. The SMILES string of the molecule is C#CCOC(=O)c1cc2ccccc2oc1=O. The number of fused-ring (bicyclic) bond motifs is 1. The van der Waals surface area contributed by atoms with Crippen molar-refractivity contribution in [2.75, 3.05) is 6.61 Å². The molecular weight excluding hydrogens is 220 g/mol. The van der Waals surface area contributed by atoms with Crippen LogP contribution in [0.25, 0.3) is 11.0 Å². The van der Waals surface area contributed by atoms with Gasteiger partial charge in [0.15, 0.2) is 6.61 Å². The minimum absolute atomic E-state index is 0.154. The number of esters is 1. The van der Waals surface area contributed by atoms with Crippen LogP contribution in [0.4, 0.5) is 0 Å². The molecule has 1 aromatic heterocycles. The fourth-order valence-electron chi connectivity index (χ4n) is 1.39. The smallest absolute Gasteiger partial charge is 0.351 e. The van der Waals surface area contributed by atoms with E-state index in [4.69, 9.17) is 10.8 Å².